The minimum atomic E-state index is -4.44. The van der Waals surface area contributed by atoms with Crippen molar-refractivity contribution in [3.8, 4) is 0 Å². The molecule has 0 bridgehead atoms. The van der Waals surface area contributed by atoms with Crippen molar-refractivity contribution >= 4 is 60.2 Å². The van der Waals surface area contributed by atoms with Gasteiger partial charge in [-0.15, -0.1) is 0 Å². The van der Waals surface area contributed by atoms with Gasteiger partial charge in [0.25, 0.3) is 49.5 Å². The first-order chi connectivity index (χ1) is 65.9. The van der Waals surface area contributed by atoms with Gasteiger partial charge in [-0.3, -0.25) is 31.4 Å². The van der Waals surface area contributed by atoms with Crippen molar-refractivity contribution in [3.63, 3.8) is 0 Å². The summed E-state index contributed by atoms with van der Waals surface area (Å²) >= 11 is 0. The molecule has 42 nitrogen and oxygen atoms in total. The summed E-state index contributed by atoms with van der Waals surface area (Å²) in [4.78, 5) is 8.68. The molecule has 48 heteroatoms. The lowest BCUT2D eigenvalue weighted by molar-refractivity contribution is -0.0925. The number of methoxy groups -OCH3 is 3. The van der Waals surface area contributed by atoms with Gasteiger partial charge in [0.05, 0.1) is 130 Å². The molecule has 0 aliphatic heterocycles. The van der Waals surface area contributed by atoms with E-state index in [9.17, 15) is 42.1 Å². The molecule has 0 fully saturated rings. The Kier molecular flexibility index (Phi) is 70.6. The number of aliphatic hydroxyl groups excluding tert-OH is 4. The Labute approximate surface area is 824 Å². The van der Waals surface area contributed by atoms with Gasteiger partial charge in [-0.25, -0.2) is 8.42 Å². The summed E-state index contributed by atoms with van der Waals surface area (Å²) in [5.41, 5.74) is 50.7. The summed E-state index contributed by atoms with van der Waals surface area (Å²) in [5.74, 6) is 0.343. The van der Waals surface area contributed by atoms with Crippen LogP contribution in [0.2, 0.25) is 0 Å². The number of nitrogens with zero attached hydrogens (tertiary/aromatic N) is 4. The van der Waals surface area contributed by atoms with Crippen LogP contribution in [0, 0.1) is 40.5 Å². The number of benzene rings is 5. The van der Waals surface area contributed by atoms with E-state index in [-0.39, 0.29) is 89.5 Å². The van der Waals surface area contributed by atoms with E-state index >= 15 is 0 Å². The third-order valence-corrected chi connectivity index (χ3v) is 27.1. The van der Waals surface area contributed by atoms with Crippen LogP contribution in [0.3, 0.4) is 0 Å². The van der Waals surface area contributed by atoms with Gasteiger partial charge in [-0.2, -0.15) is 33.7 Å². The lowest BCUT2D eigenvalue weighted by atomic mass is 10.0. The summed E-state index contributed by atoms with van der Waals surface area (Å²) in [6.45, 7) is 27.1. The Morgan fingerprint density at radius 3 is 0.964 bits per heavy atom. The molecule has 138 heavy (non-hydrogen) atoms. The molecule has 23 N–H and O–H groups in total. The molecule has 0 amide bonds. The van der Waals surface area contributed by atoms with Crippen molar-refractivity contribution in [2.75, 3.05) is 291 Å². The van der Waals surface area contributed by atoms with Gasteiger partial charge in [-0.05, 0) is 121 Å². The third kappa shape index (κ3) is 59.3. The number of rotatable bonds is 78. The van der Waals surface area contributed by atoms with E-state index in [0.717, 1.165) is 152 Å². The highest BCUT2D eigenvalue weighted by Crippen LogP contribution is 2.23. The molecule has 9 unspecified atom stereocenters. The molecular formula is C90H162ClN15O27S5. The van der Waals surface area contributed by atoms with Crippen LogP contribution in [0.25, 0.3) is 0 Å². The van der Waals surface area contributed by atoms with E-state index in [0.29, 0.717) is 84.7 Å². The summed E-state index contributed by atoms with van der Waals surface area (Å²) in [7, 11) is -11.4. The Morgan fingerprint density at radius 2 is 0.616 bits per heavy atom. The second-order valence-corrected chi connectivity index (χ2v) is 41.5. The molecular weight excluding hydrogens is 1920 g/mol. The highest BCUT2D eigenvalue weighted by molar-refractivity contribution is 8.13. The average Bonchev–Trinajstić information content (AvgIpc) is 0.824. The molecule has 0 aromatic heterocycles. The van der Waals surface area contributed by atoms with Crippen LogP contribution < -0.4 is 61.8 Å². The van der Waals surface area contributed by atoms with Crippen molar-refractivity contribution < 1.29 is 122 Å². The van der Waals surface area contributed by atoms with E-state index in [1.165, 1.54) is 74.9 Å². The van der Waals surface area contributed by atoms with Crippen LogP contribution in [0.5, 0.6) is 0 Å². The first-order valence-electron chi connectivity index (χ1n) is 46.1. The molecule has 5 aromatic carbocycles. The maximum atomic E-state index is 13.2. The lowest BCUT2D eigenvalue weighted by Crippen LogP contribution is -2.48. The van der Waals surface area contributed by atoms with Crippen molar-refractivity contribution in [2.45, 2.75) is 121 Å². The number of nitrogens with one attached hydrogen (secondary N) is 3. The minimum absolute atomic E-state index is 0.00261. The predicted molar refractivity (Wildman–Crippen MR) is 531 cm³/mol. The standard InChI is InChI=1S/C38H46O15S4.C35H87N15O3.C10H22O7.C7H7ClO2S/c1-28-6-14-35(15-7-28)54(39,40)50-26-33(52-56(43,44)37-18-10-30(3)11-19-37)24-48-23-32(22-47-5)49-25-34(53-57(45,46)38-20-12-31(4)13-21-38)27-51-55(41,42)36-16-8-29(2)9-17-36;1-51-31-35(53-30-34(46-14-26-50(22-10-42)23-11-43)28-45-13-25-49(20-8-40)21-9-41)32-52-29-33(3-2-15-47(16-4-36)17-5-37)27-44-12-24-48(18-6-38)19-7-39;1-15-6-10(17-5-9(14)3-12)7-16-4-8(13)2-11;1-6-2-4-7(5-3-6)11(8,9)10/h6-21,32-34H,22-27H2,1-5H3;33-35,44-46H,2-32,36-43H2,1H3;8-14H,2-7H2,1H3;2-5H,1H3. The molecule has 796 valence electrons. The number of halogens is 1. The fourth-order valence-corrected chi connectivity index (χ4v) is 17.6. The summed E-state index contributed by atoms with van der Waals surface area (Å²) in [5, 5.41) is 46.2. The van der Waals surface area contributed by atoms with E-state index in [1.807, 2.05) is 6.92 Å². The molecule has 5 rings (SSSR count). The summed E-state index contributed by atoms with van der Waals surface area (Å²) in [6.07, 6.45) is -4.30. The van der Waals surface area contributed by atoms with E-state index in [2.05, 4.69) is 35.6 Å². The second kappa shape index (κ2) is 75.6. The van der Waals surface area contributed by atoms with E-state index in [4.69, 9.17) is 136 Å². The van der Waals surface area contributed by atoms with Gasteiger partial charge < -0.3 is 130 Å². The zero-order valence-corrected chi connectivity index (χ0v) is 86.5. The average molecular weight is 2080 g/mol. The molecule has 0 radical (unpaired) electrons. The Morgan fingerprint density at radius 1 is 0.326 bits per heavy atom. The molecule has 5 aromatic rings. The fourth-order valence-electron chi connectivity index (χ4n) is 12.9. The first kappa shape index (κ1) is 129. The van der Waals surface area contributed by atoms with Crippen LogP contribution in [0.4, 0.5) is 0 Å². The van der Waals surface area contributed by atoms with Crippen LogP contribution in [0.1, 0.15) is 40.7 Å². The lowest BCUT2D eigenvalue weighted by Gasteiger charge is -2.27. The van der Waals surface area contributed by atoms with Crippen molar-refractivity contribution in [1.82, 2.24) is 35.6 Å². The quantitative estimate of drug-likeness (QED) is 0.0123. The monoisotopic (exact) mass is 2080 g/mol. The smallest absolute Gasteiger partial charge is 0.297 e. The van der Waals surface area contributed by atoms with Crippen LogP contribution >= 0.6 is 10.7 Å². The molecule has 0 spiro atoms. The van der Waals surface area contributed by atoms with Gasteiger partial charge in [0.1, 0.15) is 42.7 Å². The number of ether oxygens (including phenoxy) is 9. The Bertz CT molecular complexity index is 4460. The van der Waals surface area contributed by atoms with E-state index in [1.54, 1.807) is 95.5 Å². The van der Waals surface area contributed by atoms with Gasteiger partial charge in [0.2, 0.25) is 0 Å². The maximum Gasteiger partial charge on any atom is 0.297 e. The van der Waals surface area contributed by atoms with Crippen molar-refractivity contribution in [1.29, 1.82) is 0 Å². The van der Waals surface area contributed by atoms with Crippen LogP contribution in [0.15, 0.2) is 146 Å². The molecule has 0 saturated carbocycles. The highest BCUT2D eigenvalue weighted by atomic mass is 35.7. The predicted octanol–water partition coefficient (Wildman–Crippen LogP) is -1.26. The fraction of sp³-hybridized carbons (Fsp3) is 0.667. The molecule has 0 aliphatic carbocycles. The first-order valence-corrected chi connectivity index (χ1v) is 54.0. The zero-order valence-electron chi connectivity index (χ0n) is 81.7. The summed E-state index contributed by atoms with van der Waals surface area (Å²) < 4.78 is 198. The maximum absolute atomic E-state index is 13.2. The topological polar surface area (TPSA) is 629 Å². The van der Waals surface area contributed by atoms with Crippen molar-refractivity contribution in [3.05, 3.63) is 149 Å². The normalized spacial score (nSPS) is 14.2. The second-order valence-electron chi connectivity index (χ2n) is 32.6. The number of hydrogen-bond donors (Lipinski definition) is 15. The van der Waals surface area contributed by atoms with Crippen LogP contribution in [-0.4, -0.2) is 422 Å². The number of hydrogen-bond acceptors (Lipinski definition) is 42. The number of nitrogens with two attached hydrogens (primary N) is 8. The van der Waals surface area contributed by atoms with Crippen LogP contribution in [-0.2, 0) is 109 Å². The Hall–Kier alpha value is -5.14. The molecule has 0 saturated heterocycles. The molecule has 9 atom stereocenters. The zero-order chi connectivity index (χ0) is 103. The van der Waals surface area contributed by atoms with Crippen molar-refractivity contribution in [2.24, 2.45) is 51.8 Å². The van der Waals surface area contributed by atoms with Gasteiger partial charge in [0.15, 0.2) is 0 Å². The highest BCUT2D eigenvalue weighted by Gasteiger charge is 2.31. The molecule has 0 aliphatic rings. The van der Waals surface area contributed by atoms with Gasteiger partial charge in [0, 0.05) is 195 Å². The summed E-state index contributed by atoms with van der Waals surface area (Å²) in [6, 6.07) is 29.8. The van der Waals surface area contributed by atoms with E-state index < -0.39 is 113 Å². The third-order valence-electron chi connectivity index (χ3n) is 20.4. The molecule has 0 heterocycles. The largest absolute Gasteiger partial charge is 0.394 e. The minimum Gasteiger partial charge on any atom is -0.394 e. The SMILES string of the molecule is COCC(COCC(CCCN(CCN)CCN)CNCCN(CCN)CCN)OCC(CNCCN(CCN)CCN)NCCN(CCN)CCN.COCC(COCC(COS(=O)(=O)c1ccc(C)cc1)OS(=O)(=O)c1ccc(C)cc1)OCC(COS(=O)(=O)c1ccc(C)cc1)OS(=O)(=O)c1ccc(C)cc1.COCC(COCC(O)CO)OCC(O)CO.Cc1ccc(S(=O)(=O)Cl)cc1. The number of aryl methyl sites for hydroxylation is 5. The van der Waals surface area contributed by atoms with Gasteiger partial charge in [-0.1, -0.05) is 88.5 Å². The Balaban J connectivity index is 0.000000728. The number of aliphatic hydroxyl groups is 4. The van der Waals surface area contributed by atoms with Gasteiger partial charge >= 0.3 is 0 Å².